The molecule has 7 heterocycles. The molecule has 0 radical (unpaired) electrons. The minimum Gasteiger partial charge on any atom is -0.293 e. The Hall–Kier alpha value is -8.34. The second kappa shape index (κ2) is 15.1. The molecule has 9 heteroatoms. The van der Waals surface area contributed by atoms with E-state index in [1.807, 2.05) is 34.0 Å². The molecule has 0 fully saturated rings. The van der Waals surface area contributed by atoms with E-state index in [-0.39, 0.29) is 0 Å². The highest BCUT2D eigenvalue weighted by atomic mass is 32.1. The second-order valence-electron chi connectivity index (χ2n) is 18.4. The maximum Gasteiger partial charge on any atom is 0.238 e. The summed E-state index contributed by atoms with van der Waals surface area (Å²) >= 11 is 5.55. The first-order valence-corrected chi connectivity index (χ1v) is 26.4. The van der Waals surface area contributed by atoms with Crippen molar-refractivity contribution in [2.45, 2.75) is 12.8 Å². The second-order valence-corrected chi connectivity index (χ2v) is 21.7. The Labute approximate surface area is 417 Å². The third-order valence-corrected chi connectivity index (χ3v) is 18.0. The van der Waals surface area contributed by atoms with Crippen molar-refractivity contribution in [3.63, 3.8) is 0 Å². The van der Waals surface area contributed by atoms with Crippen LogP contribution < -0.4 is 0 Å². The molecule has 0 saturated carbocycles. The van der Waals surface area contributed by atoms with E-state index in [2.05, 4.69) is 203 Å². The van der Waals surface area contributed by atoms with Crippen LogP contribution in [-0.2, 0) is 6.42 Å². The van der Waals surface area contributed by atoms with Crippen LogP contribution in [0.25, 0.3) is 146 Å². The number of benzene rings is 8. The molecule has 0 amide bonds. The molecular weight excluding hydrogens is 925 g/mol. The molecule has 8 aromatic carbocycles. The van der Waals surface area contributed by atoms with Crippen molar-refractivity contribution in [2.24, 2.45) is 0 Å². The number of fused-ring (bicyclic) bond motifs is 16. The van der Waals surface area contributed by atoms with Crippen LogP contribution in [0.2, 0.25) is 0 Å². The number of allylic oxidation sites excluding steroid dienone is 1. The van der Waals surface area contributed by atoms with Gasteiger partial charge in [-0.2, -0.15) is 9.97 Å². The lowest BCUT2D eigenvalue weighted by molar-refractivity contribution is 0.954. The lowest BCUT2D eigenvalue weighted by Gasteiger charge is -2.12. The first-order valence-electron chi connectivity index (χ1n) is 23.9. The van der Waals surface area contributed by atoms with Gasteiger partial charge in [-0.3, -0.25) is 9.13 Å². The van der Waals surface area contributed by atoms with Crippen LogP contribution in [0, 0.1) is 0 Å². The maximum absolute atomic E-state index is 5.50. The minimum atomic E-state index is 0.567. The van der Waals surface area contributed by atoms with E-state index in [1.165, 1.54) is 66.3 Å². The fraction of sp³-hybridized carbons (Fsp3) is 0.0323. The molecule has 16 rings (SSSR count). The van der Waals surface area contributed by atoms with Crippen molar-refractivity contribution in [3.05, 3.63) is 199 Å². The Bertz CT molecular complexity index is 4790. The van der Waals surface area contributed by atoms with Gasteiger partial charge in [-0.05, 0) is 109 Å². The van der Waals surface area contributed by atoms with Crippen LogP contribution in [0.1, 0.15) is 16.9 Å². The Balaban J connectivity index is 0.945. The largest absolute Gasteiger partial charge is 0.293 e. The number of nitrogens with zero attached hydrogens (tertiary/aromatic N) is 6. The summed E-state index contributed by atoms with van der Waals surface area (Å²) in [5.41, 5.74) is 9.45. The van der Waals surface area contributed by atoms with E-state index in [4.69, 9.17) is 19.9 Å². The zero-order chi connectivity index (χ0) is 46.3. The number of aryl methyl sites for hydroxylation is 1. The molecule has 0 aliphatic heterocycles. The predicted molar refractivity (Wildman–Crippen MR) is 301 cm³/mol. The lowest BCUT2D eigenvalue weighted by Crippen LogP contribution is -2.06. The number of pyridine rings is 1. The van der Waals surface area contributed by atoms with E-state index in [9.17, 15) is 0 Å². The Morgan fingerprint density at radius 2 is 0.986 bits per heavy atom. The quantitative estimate of drug-likeness (QED) is 0.172. The maximum atomic E-state index is 5.50. The van der Waals surface area contributed by atoms with E-state index >= 15 is 0 Å². The van der Waals surface area contributed by atoms with Crippen LogP contribution >= 0.6 is 34.0 Å². The van der Waals surface area contributed by atoms with E-state index in [1.54, 1.807) is 0 Å². The zero-order valence-electron chi connectivity index (χ0n) is 37.8. The first-order chi connectivity index (χ1) is 35.2. The van der Waals surface area contributed by atoms with Gasteiger partial charge in [-0.1, -0.05) is 103 Å². The molecule has 71 heavy (non-hydrogen) atoms. The normalized spacial score (nSPS) is 12.9. The van der Waals surface area contributed by atoms with Crippen LogP contribution in [0.3, 0.4) is 0 Å². The third-order valence-electron chi connectivity index (χ3n) is 14.4. The highest BCUT2D eigenvalue weighted by Gasteiger charge is 2.24. The molecule has 0 saturated heterocycles. The minimum absolute atomic E-state index is 0.567. The van der Waals surface area contributed by atoms with E-state index in [0.29, 0.717) is 17.6 Å². The lowest BCUT2D eigenvalue weighted by atomic mass is 10.0. The number of aromatic nitrogens is 6. The third kappa shape index (κ3) is 5.91. The Kier molecular flexibility index (Phi) is 8.39. The summed E-state index contributed by atoms with van der Waals surface area (Å²) in [6, 6.07) is 65.7. The SMILES string of the molecule is C1=Cc2c(sc3ccc(-c4nc(-c5ccc6sc7ccccc7c6c5)nc(-n5c6ccccc6c6c5ccc5c7ccccc7n(-c7cccc(-c8ccc9sc%10ccccc%10c9c8)n7)c56)n4)cc23)CC1. The van der Waals surface area contributed by atoms with Crippen molar-refractivity contribution < 1.29 is 0 Å². The van der Waals surface area contributed by atoms with Crippen molar-refractivity contribution in [1.29, 1.82) is 0 Å². The molecule has 0 spiro atoms. The first kappa shape index (κ1) is 39.5. The van der Waals surface area contributed by atoms with Gasteiger partial charge in [0, 0.05) is 93.5 Å². The molecule has 1 aliphatic carbocycles. The highest BCUT2D eigenvalue weighted by molar-refractivity contribution is 7.26. The van der Waals surface area contributed by atoms with Crippen molar-refractivity contribution in [1.82, 2.24) is 29.1 Å². The average Bonchev–Trinajstić information content (AvgIpc) is 4.25. The summed E-state index contributed by atoms with van der Waals surface area (Å²) in [7, 11) is 0. The number of hydrogen-bond donors (Lipinski definition) is 0. The van der Waals surface area contributed by atoms with Gasteiger partial charge in [0.15, 0.2) is 11.6 Å². The molecule has 6 nitrogen and oxygen atoms in total. The molecular formula is C62H36N6S3. The molecule has 0 atom stereocenters. The fourth-order valence-corrected chi connectivity index (χ4v) is 14.6. The molecule has 0 bridgehead atoms. The zero-order valence-corrected chi connectivity index (χ0v) is 40.2. The van der Waals surface area contributed by atoms with Gasteiger partial charge >= 0.3 is 0 Å². The van der Waals surface area contributed by atoms with Crippen LogP contribution in [-0.4, -0.2) is 29.1 Å². The monoisotopic (exact) mass is 960 g/mol. The number of thiophene rings is 3. The number of rotatable bonds is 5. The van der Waals surface area contributed by atoms with Gasteiger partial charge < -0.3 is 0 Å². The summed E-state index contributed by atoms with van der Waals surface area (Å²) in [6.07, 6.45) is 6.74. The highest BCUT2D eigenvalue weighted by Crippen LogP contribution is 2.44. The molecule has 332 valence electrons. The number of hydrogen-bond acceptors (Lipinski definition) is 7. The van der Waals surface area contributed by atoms with Crippen LogP contribution in [0.4, 0.5) is 0 Å². The van der Waals surface area contributed by atoms with E-state index in [0.717, 1.165) is 79.3 Å². The van der Waals surface area contributed by atoms with E-state index < -0.39 is 0 Å². The van der Waals surface area contributed by atoms with Crippen molar-refractivity contribution >= 4 is 134 Å². The summed E-state index contributed by atoms with van der Waals surface area (Å²) in [5.74, 6) is 2.69. The van der Waals surface area contributed by atoms with Crippen molar-refractivity contribution in [2.75, 3.05) is 0 Å². The van der Waals surface area contributed by atoms with Crippen molar-refractivity contribution in [3.8, 4) is 45.8 Å². The summed E-state index contributed by atoms with van der Waals surface area (Å²) < 4.78 is 11.0. The van der Waals surface area contributed by atoms with Gasteiger partial charge in [0.2, 0.25) is 5.95 Å². The molecule has 0 N–H and O–H groups in total. The number of para-hydroxylation sites is 2. The summed E-state index contributed by atoms with van der Waals surface area (Å²) in [6.45, 7) is 0. The predicted octanol–water partition coefficient (Wildman–Crippen LogP) is 17.4. The smallest absolute Gasteiger partial charge is 0.238 e. The molecule has 15 aromatic rings. The average molecular weight is 961 g/mol. The van der Waals surface area contributed by atoms with Gasteiger partial charge in [0.1, 0.15) is 5.82 Å². The Morgan fingerprint density at radius 3 is 1.72 bits per heavy atom. The van der Waals surface area contributed by atoms with Gasteiger partial charge in [0.25, 0.3) is 0 Å². The van der Waals surface area contributed by atoms with Gasteiger partial charge in [-0.15, -0.1) is 34.0 Å². The Morgan fingerprint density at radius 1 is 0.394 bits per heavy atom. The summed E-state index contributed by atoms with van der Waals surface area (Å²) in [4.78, 5) is 23.2. The summed E-state index contributed by atoms with van der Waals surface area (Å²) in [5, 5.41) is 10.8. The fourth-order valence-electron chi connectivity index (χ4n) is 11.2. The standard InChI is InChI=1S/C62H36N6S3/c1-6-18-48-38(12-1)42-27-28-50-58(59(42)68(48)57-23-11-17-47(63-57)35-24-29-54-44(32-35)39-13-3-8-20-51(39)69-54)43-16-2-7-19-49(43)67(50)62-65-60(36-25-30-55-45(33-36)40-14-4-9-21-52(40)70-55)64-61(66-62)37-26-31-56-46(34-37)41-15-5-10-22-53(41)71-56/h1-9,11-21,23-34H,10,22H2. The van der Waals surface area contributed by atoms with Gasteiger partial charge in [-0.25, -0.2) is 9.97 Å². The van der Waals surface area contributed by atoms with Crippen LogP contribution in [0.5, 0.6) is 0 Å². The van der Waals surface area contributed by atoms with Gasteiger partial charge in [0.05, 0.1) is 27.8 Å². The molecule has 0 unspecified atom stereocenters. The molecule has 1 aliphatic rings. The molecule has 7 aromatic heterocycles. The van der Waals surface area contributed by atoms with Crippen LogP contribution in [0.15, 0.2) is 188 Å². The topological polar surface area (TPSA) is 61.4 Å².